The molecule has 1 N–H and O–H groups in total. The number of aliphatic hydroxyl groups excluding tert-OH is 1. The van der Waals surface area contributed by atoms with E-state index in [1.807, 2.05) is 0 Å². The largest absolute Gasteiger partial charge is 0.396 e. The lowest BCUT2D eigenvalue weighted by atomic mass is 10.1. The van der Waals surface area contributed by atoms with Gasteiger partial charge in [0.2, 0.25) is 0 Å². The minimum absolute atomic E-state index is 0.101. The number of hydrogen-bond donors (Lipinski definition) is 1. The molecule has 1 aliphatic rings. The zero-order chi connectivity index (χ0) is 14.1. The first-order valence-electron chi connectivity index (χ1n) is 6.57. The number of nitro groups is 1. The highest BCUT2D eigenvalue weighted by molar-refractivity contribution is 5.99. The van der Waals surface area contributed by atoms with Crippen molar-refractivity contribution in [2.45, 2.75) is 6.42 Å². The Kier molecular flexibility index (Phi) is 3.23. The Morgan fingerprint density at radius 1 is 1.40 bits per heavy atom. The van der Waals surface area contributed by atoms with E-state index >= 15 is 0 Å². The summed E-state index contributed by atoms with van der Waals surface area (Å²) < 4.78 is 0. The molecule has 0 spiro atoms. The molecule has 0 radical (unpaired) electrons. The molecule has 3 rings (SSSR count). The summed E-state index contributed by atoms with van der Waals surface area (Å²) in [5.74, 6) is 0.275. The van der Waals surface area contributed by atoms with Crippen LogP contribution in [0.25, 0.3) is 10.8 Å². The summed E-state index contributed by atoms with van der Waals surface area (Å²) in [6.07, 6.45) is 4.18. The number of anilines is 1. The maximum absolute atomic E-state index is 11.1. The molecule has 1 fully saturated rings. The van der Waals surface area contributed by atoms with E-state index in [4.69, 9.17) is 0 Å². The Labute approximate surface area is 115 Å². The molecule has 1 aliphatic heterocycles. The van der Waals surface area contributed by atoms with Crippen LogP contribution < -0.4 is 4.90 Å². The van der Waals surface area contributed by atoms with Gasteiger partial charge in [-0.15, -0.1) is 0 Å². The molecule has 0 aliphatic carbocycles. The number of rotatable bonds is 3. The number of aromatic nitrogens is 1. The molecule has 1 aromatic heterocycles. The van der Waals surface area contributed by atoms with Crippen molar-refractivity contribution in [3.8, 4) is 0 Å². The molecule has 2 heterocycles. The molecule has 0 bridgehead atoms. The zero-order valence-corrected chi connectivity index (χ0v) is 10.9. The summed E-state index contributed by atoms with van der Waals surface area (Å²) in [6.45, 7) is 1.81. The smallest absolute Gasteiger partial charge is 0.277 e. The van der Waals surface area contributed by atoms with E-state index in [0.717, 1.165) is 30.6 Å². The Morgan fingerprint density at radius 3 is 2.95 bits per heavy atom. The number of non-ortho nitro benzene ring substituents is 1. The molecule has 6 heteroatoms. The van der Waals surface area contributed by atoms with Crippen molar-refractivity contribution >= 4 is 22.1 Å². The van der Waals surface area contributed by atoms with Crippen LogP contribution >= 0.6 is 0 Å². The van der Waals surface area contributed by atoms with Crippen LogP contribution in [-0.4, -0.2) is 34.7 Å². The van der Waals surface area contributed by atoms with E-state index in [1.54, 1.807) is 30.6 Å². The van der Waals surface area contributed by atoms with E-state index in [2.05, 4.69) is 9.88 Å². The SMILES string of the molecule is O=[N+]([O-])c1ccc(N2CCC(CO)C2)c2cnccc12. The molecule has 1 aromatic carbocycles. The van der Waals surface area contributed by atoms with Gasteiger partial charge in [0.25, 0.3) is 5.69 Å². The number of nitrogens with zero attached hydrogens (tertiary/aromatic N) is 3. The summed E-state index contributed by atoms with van der Waals surface area (Å²) in [5, 5.41) is 21.7. The van der Waals surface area contributed by atoms with Gasteiger partial charge < -0.3 is 10.0 Å². The summed E-state index contributed by atoms with van der Waals surface area (Å²) in [4.78, 5) is 17.0. The van der Waals surface area contributed by atoms with Gasteiger partial charge in [0.15, 0.2) is 0 Å². The fraction of sp³-hybridized carbons (Fsp3) is 0.357. The first-order chi connectivity index (χ1) is 9.70. The molecule has 1 atom stereocenters. The highest BCUT2D eigenvalue weighted by atomic mass is 16.6. The van der Waals surface area contributed by atoms with Gasteiger partial charge >= 0.3 is 0 Å². The fourth-order valence-electron chi connectivity index (χ4n) is 2.79. The predicted molar refractivity (Wildman–Crippen MR) is 75.8 cm³/mol. The Hall–Kier alpha value is -2.21. The van der Waals surface area contributed by atoms with Crippen LogP contribution in [0.15, 0.2) is 30.6 Å². The molecular formula is C14H15N3O3. The number of fused-ring (bicyclic) bond motifs is 1. The number of benzene rings is 1. The van der Waals surface area contributed by atoms with Crippen LogP contribution in [0.4, 0.5) is 11.4 Å². The molecule has 0 saturated carbocycles. The fourth-order valence-corrected chi connectivity index (χ4v) is 2.79. The van der Waals surface area contributed by atoms with Crippen molar-refractivity contribution in [1.82, 2.24) is 4.98 Å². The highest BCUT2D eigenvalue weighted by Gasteiger charge is 2.24. The van der Waals surface area contributed by atoms with Crippen molar-refractivity contribution in [3.63, 3.8) is 0 Å². The molecule has 1 saturated heterocycles. The molecule has 1 unspecified atom stereocenters. The normalized spacial score (nSPS) is 18.6. The second-order valence-electron chi connectivity index (χ2n) is 5.07. The van der Waals surface area contributed by atoms with Gasteiger partial charge in [0.1, 0.15) is 0 Å². The van der Waals surface area contributed by atoms with Crippen LogP contribution in [0.1, 0.15) is 6.42 Å². The molecule has 104 valence electrons. The van der Waals surface area contributed by atoms with Gasteiger partial charge in [-0.3, -0.25) is 15.1 Å². The molecule has 6 nitrogen and oxygen atoms in total. The summed E-state index contributed by atoms with van der Waals surface area (Å²) in [6, 6.07) is 5.00. The van der Waals surface area contributed by atoms with E-state index in [1.165, 1.54) is 0 Å². The van der Waals surface area contributed by atoms with Gasteiger partial charge in [0, 0.05) is 55.1 Å². The van der Waals surface area contributed by atoms with Crippen LogP contribution in [0.3, 0.4) is 0 Å². The first-order valence-corrected chi connectivity index (χ1v) is 6.57. The van der Waals surface area contributed by atoms with Gasteiger partial charge in [-0.05, 0) is 18.6 Å². The molecule has 2 aromatic rings. The third-order valence-electron chi connectivity index (χ3n) is 3.85. The van der Waals surface area contributed by atoms with Crippen molar-refractivity contribution in [1.29, 1.82) is 0 Å². The van der Waals surface area contributed by atoms with Crippen molar-refractivity contribution in [3.05, 3.63) is 40.7 Å². The topological polar surface area (TPSA) is 79.5 Å². The average Bonchev–Trinajstić information content (AvgIpc) is 2.94. The minimum Gasteiger partial charge on any atom is -0.396 e. The van der Waals surface area contributed by atoms with Crippen LogP contribution in [0.2, 0.25) is 0 Å². The maximum atomic E-state index is 11.1. The van der Waals surface area contributed by atoms with Crippen LogP contribution in [-0.2, 0) is 0 Å². The standard InChI is InChI=1S/C14H15N3O3/c18-9-10-4-6-16(8-10)13-1-2-14(17(19)20)11-3-5-15-7-12(11)13/h1-3,5,7,10,18H,4,6,8-9H2. The van der Waals surface area contributed by atoms with E-state index in [0.29, 0.717) is 5.39 Å². The lowest BCUT2D eigenvalue weighted by molar-refractivity contribution is -0.383. The predicted octanol–water partition coefficient (Wildman–Crippen LogP) is 1.96. The van der Waals surface area contributed by atoms with E-state index in [9.17, 15) is 15.2 Å². The minimum atomic E-state index is -0.368. The maximum Gasteiger partial charge on any atom is 0.277 e. The number of pyridine rings is 1. The molecule has 20 heavy (non-hydrogen) atoms. The third-order valence-corrected chi connectivity index (χ3v) is 3.85. The Balaban J connectivity index is 2.09. The number of aliphatic hydroxyl groups is 1. The van der Waals surface area contributed by atoms with Gasteiger partial charge in [-0.1, -0.05) is 0 Å². The van der Waals surface area contributed by atoms with Crippen molar-refractivity contribution in [2.24, 2.45) is 5.92 Å². The molecular weight excluding hydrogens is 258 g/mol. The second kappa shape index (κ2) is 5.05. The number of nitro benzene ring substituents is 1. The average molecular weight is 273 g/mol. The lowest BCUT2D eigenvalue weighted by Gasteiger charge is -2.20. The van der Waals surface area contributed by atoms with Crippen molar-refractivity contribution < 1.29 is 10.0 Å². The lowest BCUT2D eigenvalue weighted by Crippen LogP contribution is -2.20. The third kappa shape index (κ3) is 2.08. The summed E-state index contributed by atoms with van der Waals surface area (Å²) in [7, 11) is 0. The van der Waals surface area contributed by atoms with Gasteiger partial charge in [-0.25, -0.2) is 0 Å². The second-order valence-corrected chi connectivity index (χ2v) is 5.07. The van der Waals surface area contributed by atoms with E-state index < -0.39 is 0 Å². The van der Waals surface area contributed by atoms with Crippen LogP contribution in [0.5, 0.6) is 0 Å². The highest BCUT2D eigenvalue weighted by Crippen LogP contribution is 2.35. The summed E-state index contributed by atoms with van der Waals surface area (Å²) in [5.41, 5.74) is 1.05. The van der Waals surface area contributed by atoms with Gasteiger partial charge in [-0.2, -0.15) is 0 Å². The summed E-state index contributed by atoms with van der Waals surface area (Å²) >= 11 is 0. The number of hydrogen-bond acceptors (Lipinski definition) is 5. The molecule has 0 amide bonds. The monoisotopic (exact) mass is 273 g/mol. The zero-order valence-electron chi connectivity index (χ0n) is 10.9. The van der Waals surface area contributed by atoms with Crippen molar-refractivity contribution in [2.75, 3.05) is 24.6 Å². The van der Waals surface area contributed by atoms with E-state index in [-0.39, 0.29) is 23.1 Å². The Bertz CT molecular complexity index is 659. The van der Waals surface area contributed by atoms with Crippen LogP contribution in [0, 0.1) is 16.0 Å². The quantitative estimate of drug-likeness (QED) is 0.683. The Morgan fingerprint density at radius 2 is 2.25 bits per heavy atom. The first kappa shape index (κ1) is 12.8. The van der Waals surface area contributed by atoms with Gasteiger partial charge in [0.05, 0.1) is 10.3 Å².